The minimum absolute atomic E-state index is 0.0324. The molecule has 0 unspecified atom stereocenters. The van der Waals surface area contributed by atoms with Gasteiger partial charge in [0.2, 0.25) is 5.91 Å². The molecule has 0 aliphatic rings. The summed E-state index contributed by atoms with van der Waals surface area (Å²) in [5.41, 5.74) is 2.10. The third kappa shape index (κ3) is 6.40. The fourth-order valence-electron chi connectivity index (χ4n) is 2.28. The van der Waals surface area contributed by atoms with Crippen molar-refractivity contribution < 1.29 is 9.32 Å². The van der Waals surface area contributed by atoms with Crippen molar-refractivity contribution in [2.45, 2.75) is 26.7 Å². The predicted molar refractivity (Wildman–Crippen MR) is 105 cm³/mol. The van der Waals surface area contributed by atoms with Crippen molar-refractivity contribution in [2.75, 3.05) is 33.7 Å². The highest BCUT2D eigenvalue weighted by Gasteiger charge is 2.07. The lowest BCUT2D eigenvalue weighted by Crippen LogP contribution is -2.39. The van der Waals surface area contributed by atoms with Crippen molar-refractivity contribution in [1.29, 1.82) is 0 Å². The second-order valence-electron chi connectivity index (χ2n) is 6.23. The lowest BCUT2D eigenvalue weighted by Gasteiger charge is -2.12. The minimum Gasteiger partial charge on any atom is -0.357 e. The van der Waals surface area contributed by atoms with Crippen molar-refractivity contribution in [3.63, 3.8) is 0 Å². The molecule has 2 aromatic rings. The van der Waals surface area contributed by atoms with Gasteiger partial charge in [0.15, 0.2) is 11.8 Å². The maximum Gasteiger partial charge on any atom is 0.257 e. The van der Waals surface area contributed by atoms with E-state index in [1.54, 1.807) is 14.1 Å². The van der Waals surface area contributed by atoms with Crippen LogP contribution in [0.2, 0.25) is 0 Å². The summed E-state index contributed by atoms with van der Waals surface area (Å²) in [6.45, 7) is 5.56. The number of nitrogens with zero attached hydrogens (tertiary/aromatic N) is 4. The van der Waals surface area contributed by atoms with E-state index in [1.165, 1.54) is 10.5 Å². The molecule has 1 aromatic heterocycles. The number of aliphatic imine (C=N–C) groups is 1. The number of aromatic nitrogens is 2. The highest BCUT2D eigenvalue weighted by Crippen LogP contribution is 2.18. The van der Waals surface area contributed by atoms with E-state index in [0.29, 0.717) is 24.2 Å². The van der Waals surface area contributed by atoms with Gasteiger partial charge in [-0.15, -0.1) is 0 Å². The highest BCUT2D eigenvalue weighted by molar-refractivity contribution is 5.84. The summed E-state index contributed by atoms with van der Waals surface area (Å²) >= 11 is 0. The molecule has 0 bridgehead atoms. The molecule has 2 N–H and O–H groups in total. The summed E-state index contributed by atoms with van der Waals surface area (Å²) in [5, 5.41) is 10.3. The predicted octanol–water partition coefficient (Wildman–Crippen LogP) is 1.48. The van der Waals surface area contributed by atoms with Gasteiger partial charge >= 0.3 is 0 Å². The van der Waals surface area contributed by atoms with E-state index >= 15 is 0 Å². The van der Waals surface area contributed by atoms with Crippen LogP contribution in [-0.4, -0.2) is 60.6 Å². The standard InChI is InChI=1S/C19H28N6O2/c1-5-16-23-18(27-24-16)15-9-7-14(8-10-15)11-12-21-19(20-6-2)22-13-17(26)25(3)4/h7-10H,5-6,11-13H2,1-4H3,(H2,20,21,22). The molecule has 27 heavy (non-hydrogen) atoms. The van der Waals surface area contributed by atoms with E-state index < -0.39 is 0 Å². The van der Waals surface area contributed by atoms with Crippen LogP contribution in [0.1, 0.15) is 25.2 Å². The molecule has 0 saturated carbocycles. The Morgan fingerprint density at radius 2 is 1.93 bits per heavy atom. The van der Waals surface area contributed by atoms with Gasteiger partial charge in [0.1, 0.15) is 6.54 Å². The molecule has 0 radical (unpaired) electrons. The van der Waals surface area contributed by atoms with E-state index in [2.05, 4.69) is 25.8 Å². The average Bonchev–Trinajstić information content (AvgIpc) is 3.15. The van der Waals surface area contributed by atoms with Crippen LogP contribution in [0.5, 0.6) is 0 Å². The van der Waals surface area contributed by atoms with Gasteiger partial charge in [0.25, 0.3) is 5.89 Å². The number of amides is 1. The molecule has 0 saturated heterocycles. The third-order valence-electron chi connectivity index (χ3n) is 3.91. The van der Waals surface area contributed by atoms with E-state index in [0.717, 1.165) is 24.9 Å². The second kappa shape index (κ2) is 10.3. The molecule has 0 fully saturated rings. The van der Waals surface area contributed by atoms with Gasteiger partial charge in [-0.2, -0.15) is 4.98 Å². The maximum atomic E-state index is 11.7. The summed E-state index contributed by atoms with van der Waals surface area (Å²) in [7, 11) is 3.44. The molecule has 8 heteroatoms. The summed E-state index contributed by atoms with van der Waals surface area (Å²) in [6, 6.07) is 8.06. The Balaban J connectivity index is 1.87. The topological polar surface area (TPSA) is 95.7 Å². The fourth-order valence-corrected chi connectivity index (χ4v) is 2.28. The molecular formula is C19H28N6O2. The van der Waals surface area contributed by atoms with E-state index in [1.807, 2.05) is 38.1 Å². The van der Waals surface area contributed by atoms with Gasteiger partial charge in [0, 0.05) is 39.2 Å². The molecule has 2 rings (SSSR count). The number of hydrogen-bond donors (Lipinski definition) is 2. The Labute approximate surface area is 160 Å². The first-order chi connectivity index (χ1) is 13.0. The number of likely N-dealkylation sites (N-methyl/N-ethyl adjacent to an activating group) is 1. The van der Waals surface area contributed by atoms with Gasteiger partial charge in [-0.3, -0.25) is 4.79 Å². The smallest absolute Gasteiger partial charge is 0.257 e. The molecule has 1 heterocycles. The molecule has 0 atom stereocenters. The van der Waals surface area contributed by atoms with Crippen molar-refractivity contribution in [2.24, 2.45) is 4.99 Å². The van der Waals surface area contributed by atoms with Crippen molar-refractivity contribution in [1.82, 2.24) is 25.7 Å². The van der Waals surface area contributed by atoms with Crippen LogP contribution in [0.25, 0.3) is 11.5 Å². The zero-order valence-electron chi connectivity index (χ0n) is 16.5. The Morgan fingerprint density at radius 3 is 2.52 bits per heavy atom. The van der Waals surface area contributed by atoms with Crippen LogP contribution >= 0.6 is 0 Å². The van der Waals surface area contributed by atoms with Crippen LogP contribution in [0, 0.1) is 0 Å². The molecule has 8 nitrogen and oxygen atoms in total. The third-order valence-corrected chi connectivity index (χ3v) is 3.91. The van der Waals surface area contributed by atoms with Gasteiger partial charge in [-0.25, -0.2) is 4.99 Å². The summed E-state index contributed by atoms with van der Waals surface area (Å²) in [6.07, 6.45) is 1.58. The van der Waals surface area contributed by atoms with E-state index in [9.17, 15) is 4.79 Å². The number of carbonyl (C=O) groups excluding carboxylic acids is 1. The van der Waals surface area contributed by atoms with Gasteiger partial charge in [-0.05, 0) is 31.0 Å². The Kier molecular flexibility index (Phi) is 7.79. The number of rotatable bonds is 8. The van der Waals surface area contributed by atoms with Crippen LogP contribution < -0.4 is 10.6 Å². The van der Waals surface area contributed by atoms with Crippen molar-refractivity contribution in [3.8, 4) is 11.5 Å². The molecule has 1 amide bonds. The SMILES string of the molecule is CCNC(=NCC(=O)N(C)C)NCCc1ccc(-c2nc(CC)no2)cc1. The quantitative estimate of drug-likeness (QED) is 0.538. The number of hydrogen-bond acceptors (Lipinski definition) is 5. The Hall–Kier alpha value is -2.90. The van der Waals surface area contributed by atoms with Gasteiger partial charge < -0.3 is 20.1 Å². The Morgan fingerprint density at radius 1 is 1.19 bits per heavy atom. The first-order valence-electron chi connectivity index (χ1n) is 9.17. The fraction of sp³-hybridized carbons (Fsp3) is 0.474. The van der Waals surface area contributed by atoms with Gasteiger partial charge in [0.05, 0.1) is 0 Å². The Bertz CT molecular complexity index is 752. The first kappa shape index (κ1) is 20.4. The van der Waals surface area contributed by atoms with Crippen molar-refractivity contribution >= 4 is 11.9 Å². The summed E-state index contributed by atoms with van der Waals surface area (Å²) < 4.78 is 5.26. The van der Waals surface area contributed by atoms with Crippen LogP contribution in [0.4, 0.5) is 0 Å². The minimum atomic E-state index is -0.0324. The largest absolute Gasteiger partial charge is 0.357 e. The number of benzene rings is 1. The zero-order chi connectivity index (χ0) is 19.6. The highest BCUT2D eigenvalue weighted by atomic mass is 16.5. The number of aryl methyl sites for hydroxylation is 1. The van der Waals surface area contributed by atoms with E-state index in [4.69, 9.17) is 4.52 Å². The molecule has 1 aromatic carbocycles. The number of guanidine groups is 1. The normalized spacial score (nSPS) is 11.3. The van der Waals surface area contributed by atoms with Crippen LogP contribution in [0.3, 0.4) is 0 Å². The zero-order valence-corrected chi connectivity index (χ0v) is 16.5. The number of carbonyl (C=O) groups is 1. The first-order valence-corrected chi connectivity index (χ1v) is 9.17. The summed E-state index contributed by atoms with van der Waals surface area (Å²) in [4.78, 5) is 21.8. The second-order valence-corrected chi connectivity index (χ2v) is 6.23. The average molecular weight is 372 g/mol. The molecule has 146 valence electrons. The lowest BCUT2D eigenvalue weighted by atomic mass is 10.1. The molecule has 0 aliphatic carbocycles. The number of nitrogens with one attached hydrogen (secondary N) is 2. The van der Waals surface area contributed by atoms with Crippen LogP contribution in [0.15, 0.2) is 33.8 Å². The summed E-state index contributed by atoms with van der Waals surface area (Å²) in [5.74, 6) is 1.86. The van der Waals surface area contributed by atoms with Crippen LogP contribution in [-0.2, 0) is 17.6 Å². The maximum absolute atomic E-state index is 11.7. The molecule has 0 aliphatic heterocycles. The lowest BCUT2D eigenvalue weighted by molar-refractivity contribution is -0.127. The van der Waals surface area contributed by atoms with E-state index in [-0.39, 0.29) is 12.5 Å². The monoisotopic (exact) mass is 372 g/mol. The molecule has 0 spiro atoms. The van der Waals surface area contributed by atoms with Gasteiger partial charge in [-0.1, -0.05) is 24.2 Å². The van der Waals surface area contributed by atoms with Crippen molar-refractivity contribution in [3.05, 3.63) is 35.7 Å². The molecular weight excluding hydrogens is 344 g/mol.